The minimum Gasteiger partial charge on any atom is -0.351 e. The van der Waals surface area contributed by atoms with E-state index >= 15 is 0 Å². The monoisotopic (exact) mass is 366 g/mol. The first-order valence-corrected chi connectivity index (χ1v) is 7.17. The van der Waals surface area contributed by atoms with E-state index in [0.717, 1.165) is 24.6 Å². The molecule has 1 heterocycles. The largest absolute Gasteiger partial charge is 0.351 e. The number of piperidine rings is 1. The molecule has 0 aromatic heterocycles. The summed E-state index contributed by atoms with van der Waals surface area (Å²) >= 11 is 0. The van der Waals surface area contributed by atoms with Crippen LogP contribution in [0.2, 0.25) is 0 Å². The lowest BCUT2D eigenvalue weighted by molar-refractivity contribution is -0.122. The van der Waals surface area contributed by atoms with Gasteiger partial charge in [0.05, 0.1) is 0 Å². The third-order valence-electron chi connectivity index (χ3n) is 3.78. The molecular weight excluding hydrogens is 345 g/mol. The molecule has 2 N–H and O–H groups in total. The second-order valence-corrected chi connectivity index (χ2v) is 5.27. The Kier molecular flexibility index (Phi) is 10.0. The van der Waals surface area contributed by atoms with Gasteiger partial charge in [0.2, 0.25) is 5.91 Å². The van der Waals surface area contributed by atoms with E-state index < -0.39 is 11.6 Å². The van der Waals surface area contributed by atoms with Gasteiger partial charge in [0.25, 0.3) is 0 Å². The third-order valence-corrected chi connectivity index (χ3v) is 3.78. The zero-order valence-electron chi connectivity index (χ0n) is 12.7. The van der Waals surface area contributed by atoms with Crippen LogP contribution >= 0.6 is 24.8 Å². The summed E-state index contributed by atoms with van der Waals surface area (Å²) in [6, 6.07) is 3.86. The lowest BCUT2D eigenvalue weighted by atomic mass is 9.86. The first-order valence-electron chi connectivity index (χ1n) is 7.17. The van der Waals surface area contributed by atoms with Gasteiger partial charge >= 0.3 is 0 Å². The number of rotatable bonds is 5. The summed E-state index contributed by atoms with van der Waals surface area (Å²) in [6.07, 6.45) is 3.50. The first kappa shape index (κ1) is 21.8. The number of hydrogen-bond donors (Lipinski definition) is 2. The van der Waals surface area contributed by atoms with Crippen molar-refractivity contribution in [2.75, 3.05) is 13.1 Å². The lowest BCUT2D eigenvalue weighted by Crippen LogP contribution is -2.50. The second-order valence-electron chi connectivity index (χ2n) is 5.27. The van der Waals surface area contributed by atoms with Crippen molar-refractivity contribution >= 4 is 30.7 Å². The fraction of sp³-hybridized carbons (Fsp3) is 0.438. The van der Waals surface area contributed by atoms with Crippen molar-refractivity contribution in [2.45, 2.75) is 31.2 Å². The van der Waals surface area contributed by atoms with Crippen LogP contribution in [0.5, 0.6) is 0 Å². The lowest BCUT2D eigenvalue weighted by Gasteiger charge is -2.33. The molecule has 1 amide bonds. The Morgan fingerprint density at radius 3 is 2.74 bits per heavy atom. The van der Waals surface area contributed by atoms with Gasteiger partial charge in [-0.05, 0) is 37.1 Å². The normalized spacial score (nSPS) is 19.9. The molecule has 0 radical (unpaired) electrons. The maximum absolute atomic E-state index is 13.4. The predicted molar refractivity (Wildman–Crippen MR) is 92.4 cm³/mol. The molecule has 130 valence electrons. The molecule has 0 spiro atoms. The summed E-state index contributed by atoms with van der Waals surface area (Å²) in [5.74, 6) is -1.74. The molecule has 0 saturated carbocycles. The Morgan fingerprint density at radius 2 is 2.09 bits per heavy atom. The number of allylic oxidation sites excluding steroid dienone is 1. The maximum Gasteiger partial charge on any atom is 0.220 e. The molecule has 0 aliphatic carbocycles. The average molecular weight is 367 g/mol. The summed E-state index contributed by atoms with van der Waals surface area (Å²) < 4.78 is 26.4. The molecule has 7 heteroatoms. The van der Waals surface area contributed by atoms with Crippen molar-refractivity contribution in [2.24, 2.45) is 0 Å². The van der Waals surface area contributed by atoms with Crippen molar-refractivity contribution in [1.29, 1.82) is 0 Å². The number of nitrogens with one attached hydrogen (secondary N) is 2. The van der Waals surface area contributed by atoms with Gasteiger partial charge in [-0.3, -0.25) is 4.79 Å². The van der Waals surface area contributed by atoms with Crippen LogP contribution in [0.3, 0.4) is 0 Å². The molecule has 1 aliphatic rings. The topological polar surface area (TPSA) is 41.1 Å². The van der Waals surface area contributed by atoms with E-state index in [1.807, 2.05) is 0 Å². The van der Waals surface area contributed by atoms with Gasteiger partial charge in [-0.15, -0.1) is 31.4 Å². The van der Waals surface area contributed by atoms with Crippen molar-refractivity contribution in [3.8, 4) is 0 Å². The van der Waals surface area contributed by atoms with Gasteiger partial charge in [-0.25, -0.2) is 8.78 Å². The number of carbonyl (C=O) groups is 1. The number of halogens is 4. The van der Waals surface area contributed by atoms with E-state index in [-0.39, 0.29) is 42.7 Å². The quantitative estimate of drug-likeness (QED) is 0.784. The zero-order chi connectivity index (χ0) is 15.2. The first-order chi connectivity index (χ1) is 10.1. The van der Waals surface area contributed by atoms with Crippen LogP contribution in [-0.2, 0) is 4.79 Å². The fourth-order valence-corrected chi connectivity index (χ4v) is 2.66. The molecule has 2 rings (SSSR count). The molecular formula is C16H22Cl2F2N2O. The maximum atomic E-state index is 13.4. The molecule has 1 aromatic rings. The molecule has 3 nitrogen and oxygen atoms in total. The van der Waals surface area contributed by atoms with Gasteiger partial charge in [0.15, 0.2) is 11.6 Å². The Morgan fingerprint density at radius 1 is 1.35 bits per heavy atom. The minimum atomic E-state index is -0.848. The van der Waals surface area contributed by atoms with E-state index in [1.54, 1.807) is 12.1 Å². The SMILES string of the molecule is C=CCCC(=O)NC1CNCCC1c1ccc(F)c(F)c1.Cl.Cl. The molecule has 1 aliphatic heterocycles. The summed E-state index contributed by atoms with van der Waals surface area (Å²) in [6.45, 7) is 5.01. The van der Waals surface area contributed by atoms with Gasteiger partial charge in [0.1, 0.15) is 0 Å². The standard InChI is InChI=1S/C16H20F2N2O.2ClH/c1-2-3-4-16(21)20-15-10-19-8-7-12(15)11-5-6-13(17)14(18)9-11;;/h2,5-6,9,12,15,19H,1,3-4,7-8,10H2,(H,20,21);2*1H. The van der Waals surface area contributed by atoms with E-state index in [9.17, 15) is 13.6 Å². The molecule has 2 atom stereocenters. The van der Waals surface area contributed by atoms with Crippen LogP contribution < -0.4 is 10.6 Å². The van der Waals surface area contributed by atoms with E-state index in [2.05, 4.69) is 17.2 Å². The van der Waals surface area contributed by atoms with Crippen LogP contribution in [0.15, 0.2) is 30.9 Å². The van der Waals surface area contributed by atoms with E-state index in [4.69, 9.17) is 0 Å². The highest BCUT2D eigenvalue weighted by Gasteiger charge is 2.28. The van der Waals surface area contributed by atoms with Gasteiger partial charge in [-0.2, -0.15) is 0 Å². The number of benzene rings is 1. The number of amides is 1. The molecule has 0 bridgehead atoms. The van der Waals surface area contributed by atoms with E-state index in [1.165, 1.54) is 6.07 Å². The minimum absolute atomic E-state index is 0. The molecule has 1 aromatic carbocycles. The number of carbonyl (C=O) groups excluding carboxylic acids is 1. The Balaban J connectivity index is 0.00000242. The summed E-state index contributed by atoms with van der Waals surface area (Å²) in [5, 5.41) is 6.19. The van der Waals surface area contributed by atoms with Gasteiger partial charge < -0.3 is 10.6 Å². The summed E-state index contributed by atoms with van der Waals surface area (Å²) in [5.41, 5.74) is 0.726. The van der Waals surface area contributed by atoms with Crippen LogP contribution in [0.1, 0.15) is 30.7 Å². The van der Waals surface area contributed by atoms with Crippen molar-refractivity contribution in [1.82, 2.24) is 10.6 Å². The Hall–Kier alpha value is -1.17. The van der Waals surface area contributed by atoms with Crippen molar-refractivity contribution in [3.63, 3.8) is 0 Å². The van der Waals surface area contributed by atoms with E-state index in [0.29, 0.717) is 19.4 Å². The third kappa shape index (κ3) is 6.09. The highest BCUT2D eigenvalue weighted by atomic mass is 35.5. The highest BCUT2D eigenvalue weighted by Crippen LogP contribution is 2.27. The van der Waals surface area contributed by atoms with Crippen molar-refractivity contribution in [3.05, 3.63) is 48.1 Å². The zero-order valence-corrected chi connectivity index (χ0v) is 14.3. The predicted octanol–water partition coefficient (Wildman–Crippen LogP) is 3.34. The van der Waals surface area contributed by atoms with Crippen molar-refractivity contribution < 1.29 is 13.6 Å². The smallest absolute Gasteiger partial charge is 0.220 e. The highest BCUT2D eigenvalue weighted by molar-refractivity contribution is 5.85. The molecule has 1 fully saturated rings. The van der Waals surface area contributed by atoms with Gasteiger partial charge in [-0.1, -0.05) is 12.1 Å². The average Bonchev–Trinajstić information content (AvgIpc) is 2.48. The second kappa shape index (κ2) is 10.6. The molecule has 23 heavy (non-hydrogen) atoms. The van der Waals surface area contributed by atoms with Gasteiger partial charge in [0, 0.05) is 24.9 Å². The number of hydrogen-bond acceptors (Lipinski definition) is 2. The van der Waals surface area contributed by atoms with Crippen LogP contribution in [0.4, 0.5) is 8.78 Å². The van der Waals surface area contributed by atoms with Crippen LogP contribution in [0.25, 0.3) is 0 Å². The Labute approximate surface area is 147 Å². The Bertz CT molecular complexity index is 529. The molecule has 2 unspecified atom stereocenters. The fourth-order valence-electron chi connectivity index (χ4n) is 2.66. The van der Waals surface area contributed by atoms with Crippen LogP contribution in [0, 0.1) is 11.6 Å². The van der Waals surface area contributed by atoms with Crippen LogP contribution in [-0.4, -0.2) is 25.0 Å². The summed E-state index contributed by atoms with van der Waals surface area (Å²) in [4.78, 5) is 11.8. The molecule has 1 saturated heterocycles. The summed E-state index contributed by atoms with van der Waals surface area (Å²) in [7, 11) is 0.